The number of carbonyl (C=O) groups excluding carboxylic acids is 1. The van der Waals surface area contributed by atoms with Gasteiger partial charge in [-0.25, -0.2) is 0 Å². The van der Waals surface area contributed by atoms with Gasteiger partial charge in [-0.3, -0.25) is 9.59 Å². The number of carboxylic acids is 1. The van der Waals surface area contributed by atoms with Crippen molar-refractivity contribution in [2.75, 3.05) is 20.2 Å². The van der Waals surface area contributed by atoms with E-state index in [-0.39, 0.29) is 16.7 Å². The smallest absolute Gasteiger partial charge is 0.307 e. The lowest BCUT2D eigenvalue weighted by Gasteiger charge is -2.43. The number of benzene rings is 1. The molecule has 29 heavy (non-hydrogen) atoms. The Balaban J connectivity index is 1.35. The van der Waals surface area contributed by atoms with Gasteiger partial charge in [-0.1, -0.05) is 18.6 Å². The molecule has 1 amide bonds. The summed E-state index contributed by atoms with van der Waals surface area (Å²) in [7, 11) is 1.68. The zero-order valence-corrected chi connectivity index (χ0v) is 17.2. The highest BCUT2D eigenvalue weighted by molar-refractivity contribution is 5.84. The first kappa shape index (κ1) is 19.0. The maximum atomic E-state index is 13.9. The fraction of sp³-hybridized carbons (Fsp3) is 0.667. The molecule has 3 saturated carbocycles. The number of fused-ring (bicyclic) bond motifs is 2. The number of methoxy groups -OCH3 is 1. The zero-order valence-electron chi connectivity index (χ0n) is 17.2. The number of likely N-dealkylation sites (tertiary alicyclic amines) is 1. The average molecular weight is 398 g/mol. The van der Waals surface area contributed by atoms with Crippen LogP contribution in [0, 0.1) is 28.6 Å². The van der Waals surface area contributed by atoms with Crippen LogP contribution in [0.2, 0.25) is 0 Å². The summed E-state index contributed by atoms with van der Waals surface area (Å²) in [5.74, 6) is 1.50. The first-order chi connectivity index (χ1) is 14.0. The van der Waals surface area contributed by atoms with E-state index in [1.54, 1.807) is 7.11 Å². The Morgan fingerprint density at radius 3 is 2.59 bits per heavy atom. The van der Waals surface area contributed by atoms with Gasteiger partial charge in [0.2, 0.25) is 5.91 Å². The normalized spacial score (nSPS) is 34.4. The molecule has 1 aliphatic heterocycles. The lowest BCUT2D eigenvalue weighted by atomic mass is 9.68. The quantitative estimate of drug-likeness (QED) is 0.822. The number of carboxylic acid groups (broad SMARTS) is 1. The van der Waals surface area contributed by atoms with E-state index >= 15 is 0 Å². The van der Waals surface area contributed by atoms with E-state index in [0.717, 1.165) is 50.9 Å². The minimum atomic E-state index is -0.660. The molecule has 3 aliphatic carbocycles. The summed E-state index contributed by atoms with van der Waals surface area (Å²) in [6.07, 6.45) is 7.91. The summed E-state index contributed by atoms with van der Waals surface area (Å²) in [6, 6.07) is 8.17. The largest absolute Gasteiger partial charge is 0.497 e. The van der Waals surface area contributed by atoms with Crippen LogP contribution in [-0.4, -0.2) is 42.1 Å². The maximum absolute atomic E-state index is 13.9. The molecule has 5 rings (SSSR count). The predicted octanol–water partition coefficient (Wildman–Crippen LogP) is 3.76. The van der Waals surface area contributed by atoms with Gasteiger partial charge in [0.05, 0.1) is 18.4 Å². The van der Waals surface area contributed by atoms with Gasteiger partial charge in [0.1, 0.15) is 5.75 Å². The number of nitrogens with zero attached hydrogens (tertiary/aromatic N) is 1. The standard InChI is InChI=1S/C24H31NO4/c1-29-19-4-2-3-16(12-19)13-24(14-17-5-6-18(24)11-17)22(28)25-9-7-23(8-10-25)15-20(23)21(26)27/h2-4,12,17-18,20H,5-11,13-15H2,1H3,(H,26,27). The van der Waals surface area contributed by atoms with Crippen LogP contribution in [0.15, 0.2) is 24.3 Å². The van der Waals surface area contributed by atoms with Crippen LogP contribution in [-0.2, 0) is 16.0 Å². The van der Waals surface area contributed by atoms with Crippen molar-refractivity contribution in [2.24, 2.45) is 28.6 Å². The van der Waals surface area contributed by atoms with Crippen LogP contribution in [0.25, 0.3) is 0 Å². The molecule has 1 saturated heterocycles. The van der Waals surface area contributed by atoms with Gasteiger partial charge in [0.25, 0.3) is 0 Å². The number of carbonyl (C=O) groups is 2. The number of hydrogen-bond donors (Lipinski definition) is 1. The lowest BCUT2D eigenvalue weighted by Crippen LogP contribution is -2.51. The molecule has 0 aromatic heterocycles. The van der Waals surface area contributed by atoms with Crippen molar-refractivity contribution in [3.05, 3.63) is 29.8 Å². The van der Waals surface area contributed by atoms with Crippen LogP contribution in [0.3, 0.4) is 0 Å². The van der Waals surface area contributed by atoms with Crippen molar-refractivity contribution in [1.29, 1.82) is 0 Å². The molecular formula is C24H31NO4. The molecule has 2 bridgehead atoms. The SMILES string of the molecule is COc1cccc(CC2(C(=O)N3CCC4(CC3)CC4C(=O)O)CC3CCC2C3)c1. The molecule has 4 aliphatic rings. The number of ether oxygens (including phenoxy) is 1. The minimum absolute atomic E-state index is 0.0305. The summed E-state index contributed by atoms with van der Waals surface area (Å²) in [5, 5.41) is 9.35. The first-order valence-corrected chi connectivity index (χ1v) is 11.1. The predicted molar refractivity (Wildman–Crippen MR) is 109 cm³/mol. The Kier molecular flexibility index (Phi) is 4.41. The van der Waals surface area contributed by atoms with Crippen molar-refractivity contribution in [3.8, 4) is 5.75 Å². The Morgan fingerprint density at radius 1 is 1.21 bits per heavy atom. The van der Waals surface area contributed by atoms with Crippen LogP contribution < -0.4 is 4.74 Å². The second-order valence-electron chi connectivity index (χ2n) is 10.0. The number of hydrogen-bond acceptors (Lipinski definition) is 3. The molecule has 1 N–H and O–H groups in total. The van der Waals surface area contributed by atoms with E-state index in [1.807, 2.05) is 12.1 Å². The molecule has 5 nitrogen and oxygen atoms in total. The molecular weight excluding hydrogens is 366 g/mol. The zero-order chi connectivity index (χ0) is 20.2. The molecule has 4 fully saturated rings. The minimum Gasteiger partial charge on any atom is -0.497 e. The average Bonchev–Trinajstić information content (AvgIpc) is 3.07. The third-order valence-corrected chi connectivity index (χ3v) is 8.59. The Hall–Kier alpha value is -2.04. The molecule has 5 heteroatoms. The molecule has 1 heterocycles. The maximum Gasteiger partial charge on any atom is 0.307 e. The summed E-state index contributed by atoms with van der Waals surface area (Å²) in [5.41, 5.74) is 0.874. The Labute approximate surface area is 172 Å². The van der Waals surface area contributed by atoms with Gasteiger partial charge >= 0.3 is 5.97 Å². The third kappa shape index (κ3) is 3.04. The van der Waals surface area contributed by atoms with Crippen molar-refractivity contribution in [1.82, 2.24) is 4.90 Å². The van der Waals surface area contributed by atoms with E-state index in [2.05, 4.69) is 17.0 Å². The van der Waals surface area contributed by atoms with Gasteiger partial charge in [-0.05, 0) is 79.9 Å². The molecule has 4 atom stereocenters. The number of rotatable bonds is 5. The third-order valence-electron chi connectivity index (χ3n) is 8.59. The van der Waals surface area contributed by atoms with Gasteiger partial charge in [0, 0.05) is 13.1 Å². The topological polar surface area (TPSA) is 66.8 Å². The Bertz CT molecular complexity index is 828. The second-order valence-corrected chi connectivity index (χ2v) is 10.0. The van der Waals surface area contributed by atoms with Crippen LogP contribution in [0.4, 0.5) is 0 Å². The summed E-state index contributed by atoms with van der Waals surface area (Å²) in [4.78, 5) is 27.3. The van der Waals surface area contributed by atoms with Crippen molar-refractivity contribution >= 4 is 11.9 Å². The van der Waals surface area contributed by atoms with E-state index in [1.165, 1.54) is 24.8 Å². The number of piperidine rings is 1. The monoisotopic (exact) mass is 397 g/mol. The first-order valence-electron chi connectivity index (χ1n) is 11.1. The van der Waals surface area contributed by atoms with E-state index in [9.17, 15) is 14.7 Å². The van der Waals surface area contributed by atoms with Crippen molar-refractivity contribution < 1.29 is 19.4 Å². The van der Waals surface area contributed by atoms with Gasteiger partial charge in [0.15, 0.2) is 0 Å². The van der Waals surface area contributed by atoms with Gasteiger partial charge in [-0.15, -0.1) is 0 Å². The lowest BCUT2D eigenvalue weighted by molar-refractivity contribution is -0.147. The molecule has 4 unspecified atom stereocenters. The van der Waals surface area contributed by atoms with Crippen LogP contribution >= 0.6 is 0 Å². The number of aliphatic carboxylic acids is 1. The highest BCUT2D eigenvalue weighted by Gasteiger charge is 2.61. The summed E-state index contributed by atoms with van der Waals surface area (Å²) < 4.78 is 5.41. The molecule has 1 spiro atoms. The second kappa shape index (κ2) is 6.75. The van der Waals surface area contributed by atoms with E-state index in [4.69, 9.17) is 4.74 Å². The Morgan fingerprint density at radius 2 is 2.00 bits per heavy atom. The van der Waals surface area contributed by atoms with Crippen LogP contribution in [0.5, 0.6) is 5.75 Å². The fourth-order valence-corrected chi connectivity index (χ4v) is 6.86. The highest BCUT2D eigenvalue weighted by Crippen LogP contribution is 2.61. The summed E-state index contributed by atoms with van der Waals surface area (Å²) in [6.45, 7) is 1.44. The highest BCUT2D eigenvalue weighted by atomic mass is 16.5. The molecule has 156 valence electrons. The van der Waals surface area contributed by atoms with E-state index in [0.29, 0.717) is 17.7 Å². The molecule has 1 aromatic rings. The summed E-state index contributed by atoms with van der Waals surface area (Å²) >= 11 is 0. The van der Waals surface area contributed by atoms with Crippen molar-refractivity contribution in [2.45, 2.75) is 51.4 Å². The van der Waals surface area contributed by atoms with Crippen molar-refractivity contribution in [3.63, 3.8) is 0 Å². The number of amides is 1. The molecule has 0 radical (unpaired) electrons. The van der Waals surface area contributed by atoms with Crippen LogP contribution in [0.1, 0.15) is 50.5 Å². The fourth-order valence-electron chi connectivity index (χ4n) is 6.86. The van der Waals surface area contributed by atoms with Gasteiger partial charge in [-0.2, -0.15) is 0 Å². The van der Waals surface area contributed by atoms with Gasteiger partial charge < -0.3 is 14.7 Å². The molecule has 1 aromatic carbocycles. The van der Waals surface area contributed by atoms with E-state index < -0.39 is 5.97 Å².